The van der Waals surface area contributed by atoms with Crippen LogP contribution in [0.4, 0.5) is 17.1 Å². The van der Waals surface area contributed by atoms with Gasteiger partial charge in [0.05, 0.1) is 20.5 Å². The minimum atomic E-state index is -4.04. The van der Waals surface area contributed by atoms with E-state index in [1.807, 2.05) is 30.5 Å². The number of non-ortho nitro benzene ring substituents is 1. The van der Waals surface area contributed by atoms with E-state index < -0.39 is 14.9 Å². The van der Waals surface area contributed by atoms with Crippen molar-refractivity contribution in [2.24, 2.45) is 0 Å². The molecule has 1 amide bonds. The molecule has 11 heteroatoms. The maximum atomic E-state index is 12.7. The summed E-state index contributed by atoms with van der Waals surface area (Å²) in [7, 11) is -4.04. The van der Waals surface area contributed by atoms with Crippen molar-refractivity contribution in [3.63, 3.8) is 0 Å². The van der Waals surface area contributed by atoms with E-state index in [1.54, 1.807) is 17.4 Å². The molecule has 4 aromatic rings. The van der Waals surface area contributed by atoms with Gasteiger partial charge in [-0.15, -0.1) is 11.3 Å². The molecule has 0 aliphatic heterocycles. The number of nitro groups is 1. The molecule has 0 atom stereocenters. The number of nitrogens with zero attached hydrogens (tertiary/aromatic N) is 2. The van der Waals surface area contributed by atoms with Gasteiger partial charge >= 0.3 is 0 Å². The van der Waals surface area contributed by atoms with E-state index in [2.05, 4.69) is 15.0 Å². The number of carbonyl (C=O) groups is 1. The first-order valence-electron chi connectivity index (χ1n) is 9.92. The number of aryl methyl sites for hydroxylation is 1. The highest BCUT2D eigenvalue weighted by molar-refractivity contribution is 7.92. The van der Waals surface area contributed by atoms with Gasteiger partial charge in [0, 0.05) is 40.0 Å². The molecule has 0 bridgehead atoms. The maximum absolute atomic E-state index is 12.7. The van der Waals surface area contributed by atoms with Crippen molar-refractivity contribution in [3.8, 4) is 11.3 Å². The Bertz CT molecular complexity index is 1480. The predicted octanol–water partition coefficient (Wildman–Crippen LogP) is 5.08. The lowest BCUT2D eigenvalue weighted by Gasteiger charge is -2.10. The Morgan fingerprint density at radius 1 is 1.00 bits per heavy atom. The molecule has 0 aliphatic carbocycles. The van der Waals surface area contributed by atoms with E-state index in [9.17, 15) is 23.3 Å². The van der Waals surface area contributed by atoms with Gasteiger partial charge in [-0.3, -0.25) is 19.6 Å². The fourth-order valence-corrected chi connectivity index (χ4v) is 4.84. The van der Waals surface area contributed by atoms with Crippen LogP contribution in [0.25, 0.3) is 11.3 Å². The molecular weight excluding hydrogens is 476 g/mol. The molecule has 1 aromatic heterocycles. The van der Waals surface area contributed by atoms with Gasteiger partial charge in [-0.1, -0.05) is 18.2 Å². The average Bonchev–Trinajstić information content (AvgIpc) is 3.26. The van der Waals surface area contributed by atoms with Crippen LogP contribution in [0.15, 0.2) is 83.1 Å². The largest absolute Gasteiger partial charge is 0.322 e. The molecule has 1 heterocycles. The van der Waals surface area contributed by atoms with Gasteiger partial charge in [0.25, 0.3) is 21.6 Å². The summed E-state index contributed by atoms with van der Waals surface area (Å²) < 4.78 is 27.5. The number of hydrogen-bond donors (Lipinski definition) is 2. The second kappa shape index (κ2) is 9.41. The van der Waals surface area contributed by atoms with Gasteiger partial charge in [0.1, 0.15) is 0 Å². The van der Waals surface area contributed by atoms with Crippen LogP contribution in [0.1, 0.15) is 15.4 Å². The number of nitrogens with one attached hydrogen (secondary N) is 2. The van der Waals surface area contributed by atoms with Crippen molar-refractivity contribution < 1.29 is 18.1 Å². The van der Waals surface area contributed by atoms with Crippen LogP contribution in [0, 0.1) is 17.0 Å². The number of rotatable bonds is 7. The van der Waals surface area contributed by atoms with Crippen molar-refractivity contribution in [1.82, 2.24) is 4.98 Å². The Labute approximate surface area is 199 Å². The standard InChI is InChI=1S/C23H18N4O5S2/c1-15-24-22(14-33-15)17-4-2-5-19(12-17)25-23(28)16-8-10-18(11-9-16)26-34(31,32)21-7-3-6-20(13-21)27(29)30/h2-14,26H,1H3,(H,25,28). The minimum absolute atomic E-state index is 0.212. The van der Waals surface area contributed by atoms with Crippen LogP contribution >= 0.6 is 11.3 Å². The summed E-state index contributed by atoms with van der Waals surface area (Å²) in [5.41, 5.74) is 2.52. The number of hydrogen-bond acceptors (Lipinski definition) is 7. The number of anilines is 2. The molecule has 0 unspecified atom stereocenters. The SMILES string of the molecule is Cc1nc(-c2cccc(NC(=O)c3ccc(NS(=O)(=O)c4cccc([N+](=O)[O-])c4)cc3)c2)cs1. The van der Waals surface area contributed by atoms with Gasteiger partial charge < -0.3 is 5.32 Å². The van der Waals surface area contributed by atoms with E-state index in [1.165, 1.54) is 42.5 Å². The minimum Gasteiger partial charge on any atom is -0.322 e. The molecule has 0 saturated carbocycles. The summed E-state index contributed by atoms with van der Waals surface area (Å²) in [6.45, 7) is 1.92. The van der Waals surface area contributed by atoms with Crippen molar-refractivity contribution in [2.45, 2.75) is 11.8 Å². The number of carbonyl (C=O) groups excluding carboxylic acids is 1. The third kappa shape index (κ3) is 5.27. The lowest BCUT2D eigenvalue weighted by atomic mass is 10.1. The summed E-state index contributed by atoms with van der Waals surface area (Å²) >= 11 is 1.54. The lowest BCUT2D eigenvalue weighted by Crippen LogP contribution is -2.14. The second-order valence-corrected chi connectivity index (χ2v) is 9.97. The summed E-state index contributed by atoms with van der Waals surface area (Å²) in [4.78, 5) is 27.1. The molecule has 2 N–H and O–H groups in total. The van der Waals surface area contributed by atoms with Crippen LogP contribution in [0.5, 0.6) is 0 Å². The molecule has 9 nitrogen and oxygen atoms in total. The highest BCUT2D eigenvalue weighted by Gasteiger charge is 2.18. The van der Waals surface area contributed by atoms with Gasteiger partial charge in [0.2, 0.25) is 0 Å². The van der Waals surface area contributed by atoms with Crippen molar-refractivity contribution in [3.05, 3.63) is 98.9 Å². The van der Waals surface area contributed by atoms with E-state index >= 15 is 0 Å². The third-order valence-corrected chi connectivity index (χ3v) is 6.93. The molecule has 0 fully saturated rings. The third-order valence-electron chi connectivity index (χ3n) is 4.77. The first kappa shape index (κ1) is 23.1. The maximum Gasteiger partial charge on any atom is 0.270 e. The molecule has 0 saturated heterocycles. The fraction of sp³-hybridized carbons (Fsp3) is 0.0435. The number of aromatic nitrogens is 1. The van der Waals surface area contributed by atoms with Crippen LogP contribution in [-0.2, 0) is 10.0 Å². The summed E-state index contributed by atoms with van der Waals surface area (Å²) in [5.74, 6) is -0.361. The van der Waals surface area contributed by atoms with Crippen LogP contribution in [-0.4, -0.2) is 24.2 Å². The van der Waals surface area contributed by atoms with E-state index in [4.69, 9.17) is 0 Å². The van der Waals surface area contributed by atoms with Gasteiger partial charge in [-0.25, -0.2) is 13.4 Å². The van der Waals surface area contributed by atoms with Crippen molar-refractivity contribution in [2.75, 3.05) is 10.0 Å². The predicted molar refractivity (Wildman–Crippen MR) is 131 cm³/mol. The number of sulfonamides is 1. The molecule has 4 rings (SSSR count). The Morgan fingerprint density at radius 3 is 2.41 bits per heavy atom. The molecule has 0 radical (unpaired) electrons. The smallest absolute Gasteiger partial charge is 0.270 e. The normalized spacial score (nSPS) is 11.1. The Kier molecular flexibility index (Phi) is 6.39. The molecule has 0 aliphatic rings. The zero-order valence-corrected chi connectivity index (χ0v) is 19.4. The Morgan fingerprint density at radius 2 is 1.74 bits per heavy atom. The summed E-state index contributed by atoms with van der Waals surface area (Å²) in [5, 5.41) is 16.6. The monoisotopic (exact) mass is 494 g/mol. The molecular formula is C23H18N4O5S2. The van der Waals surface area contributed by atoms with Crippen molar-refractivity contribution in [1.29, 1.82) is 0 Å². The van der Waals surface area contributed by atoms with Crippen LogP contribution in [0.3, 0.4) is 0 Å². The summed E-state index contributed by atoms with van der Waals surface area (Å²) in [6.07, 6.45) is 0. The number of benzene rings is 3. The van der Waals surface area contributed by atoms with Gasteiger partial charge in [-0.05, 0) is 49.4 Å². The Hall–Kier alpha value is -4.09. The second-order valence-electron chi connectivity index (χ2n) is 7.22. The molecule has 172 valence electrons. The lowest BCUT2D eigenvalue weighted by molar-refractivity contribution is -0.385. The zero-order valence-electron chi connectivity index (χ0n) is 17.8. The quantitative estimate of drug-likeness (QED) is 0.272. The van der Waals surface area contributed by atoms with E-state index in [0.717, 1.165) is 22.3 Å². The molecule has 34 heavy (non-hydrogen) atoms. The first-order valence-corrected chi connectivity index (χ1v) is 12.3. The number of amides is 1. The highest BCUT2D eigenvalue weighted by atomic mass is 32.2. The van der Waals surface area contributed by atoms with Gasteiger partial charge in [0.15, 0.2) is 0 Å². The number of thiazole rings is 1. The fourth-order valence-electron chi connectivity index (χ4n) is 3.12. The van der Waals surface area contributed by atoms with Crippen molar-refractivity contribution >= 4 is 44.3 Å². The molecule has 0 spiro atoms. The zero-order chi connectivity index (χ0) is 24.3. The van der Waals surface area contributed by atoms with Crippen LogP contribution in [0.2, 0.25) is 0 Å². The number of nitro benzene ring substituents is 1. The average molecular weight is 495 g/mol. The van der Waals surface area contributed by atoms with Crippen LogP contribution < -0.4 is 10.0 Å². The van der Waals surface area contributed by atoms with E-state index in [0.29, 0.717) is 11.3 Å². The Balaban J connectivity index is 1.46. The van der Waals surface area contributed by atoms with E-state index in [-0.39, 0.29) is 22.2 Å². The highest BCUT2D eigenvalue weighted by Crippen LogP contribution is 2.25. The topological polar surface area (TPSA) is 131 Å². The summed E-state index contributed by atoms with van der Waals surface area (Å²) in [6, 6.07) is 17.9. The van der Waals surface area contributed by atoms with Gasteiger partial charge in [-0.2, -0.15) is 0 Å². The molecule has 3 aromatic carbocycles. The first-order chi connectivity index (χ1) is 16.2.